The van der Waals surface area contributed by atoms with Gasteiger partial charge in [-0.15, -0.1) is 21.5 Å². The van der Waals surface area contributed by atoms with Crippen molar-refractivity contribution in [1.82, 2.24) is 15.2 Å². The molecule has 0 spiro atoms. The molecular weight excluding hydrogens is 288 g/mol. The van der Waals surface area contributed by atoms with Crippen LogP contribution in [-0.4, -0.2) is 21.7 Å². The molecule has 4 nitrogen and oxygen atoms in total. The molecule has 1 fully saturated rings. The summed E-state index contributed by atoms with van der Waals surface area (Å²) in [7, 11) is 0. The summed E-state index contributed by atoms with van der Waals surface area (Å²) in [5, 5.41) is 15.1. The van der Waals surface area contributed by atoms with Crippen molar-refractivity contribution in [3.8, 4) is 9.88 Å². The van der Waals surface area contributed by atoms with Crippen LogP contribution in [0.3, 0.4) is 0 Å². The minimum Gasteiger partial charge on any atom is -0.360 e. The summed E-state index contributed by atoms with van der Waals surface area (Å²) >= 11 is 3.44. The average Bonchev–Trinajstić information content (AvgIpc) is 3.02. The maximum atomic E-state index is 4.79. The lowest BCUT2D eigenvalue weighted by Crippen LogP contribution is -2.07. The predicted octanol–water partition coefficient (Wildman–Crippen LogP) is 4.17. The van der Waals surface area contributed by atoms with Gasteiger partial charge in [-0.05, 0) is 25.2 Å². The Bertz CT molecular complexity index is 584. The van der Waals surface area contributed by atoms with Crippen LogP contribution in [0, 0.1) is 5.92 Å². The molecule has 6 heteroatoms. The maximum absolute atomic E-state index is 4.79. The van der Waals surface area contributed by atoms with E-state index in [2.05, 4.69) is 36.3 Å². The molecule has 2 aromatic heterocycles. The molecule has 0 unspecified atom stereocenters. The average molecular weight is 308 g/mol. The van der Waals surface area contributed by atoms with Crippen molar-refractivity contribution in [3.63, 3.8) is 0 Å². The molecule has 0 saturated heterocycles. The summed E-state index contributed by atoms with van der Waals surface area (Å²) < 4.78 is 0. The predicted molar refractivity (Wildman–Crippen MR) is 85.7 cm³/mol. The first-order valence-corrected chi connectivity index (χ1v) is 8.88. The first-order chi connectivity index (χ1) is 9.67. The van der Waals surface area contributed by atoms with Crippen LogP contribution in [0.1, 0.15) is 50.2 Å². The van der Waals surface area contributed by atoms with Crippen LogP contribution in [0.2, 0.25) is 0 Å². The number of rotatable bonds is 6. The normalized spacial score (nSPS) is 15.0. The number of aromatic nitrogens is 3. The Kier molecular flexibility index (Phi) is 4.03. The van der Waals surface area contributed by atoms with Crippen molar-refractivity contribution in [1.29, 1.82) is 0 Å². The van der Waals surface area contributed by atoms with Gasteiger partial charge in [0, 0.05) is 12.5 Å². The van der Waals surface area contributed by atoms with Crippen LogP contribution in [0.25, 0.3) is 9.88 Å². The van der Waals surface area contributed by atoms with Crippen LogP contribution in [0.4, 0.5) is 5.13 Å². The number of nitrogens with one attached hydrogen (secondary N) is 1. The van der Waals surface area contributed by atoms with Crippen molar-refractivity contribution < 1.29 is 0 Å². The molecule has 0 aliphatic heterocycles. The molecule has 0 amide bonds. The highest BCUT2D eigenvalue weighted by Gasteiger charge is 2.31. The monoisotopic (exact) mass is 308 g/mol. The summed E-state index contributed by atoms with van der Waals surface area (Å²) in [5.74, 6) is 1.27. The van der Waals surface area contributed by atoms with Crippen LogP contribution >= 0.6 is 22.7 Å². The quantitative estimate of drug-likeness (QED) is 0.870. The van der Waals surface area contributed by atoms with Crippen LogP contribution in [0.5, 0.6) is 0 Å². The third-order valence-corrected chi connectivity index (χ3v) is 5.49. The fourth-order valence-corrected chi connectivity index (χ4v) is 3.91. The third kappa shape index (κ3) is 3.01. The molecular formula is C14H20N4S2. The van der Waals surface area contributed by atoms with Gasteiger partial charge in [-0.2, -0.15) is 0 Å². The topological polar surface area (TPSA) is 50.7 Å². The van der Waals surface area contributed by atoms with Gasteiger partial charge in [0.25, 0.3) is 0 Å². The minimum absolute atomic E-state index is 0.611. The molecule has 0 radical (unpaired) electrons. The summed E-state index contributed by atoms with van der Waals surface area (Å²) in [6.07, 6.45) is 3.55. The van der Waals surface area contributed by atoms with Gasteiger partial charge in [0.2, 0.25) is 5.13 Å². The number of thiazole rings is 1. The molecule has 108 valence electrons. The highest BCUT2D eigenvalue weighted by atomic mass is 32.1. The number of nitrogens with zero attached hydrogens (tertiary/aromatic N) is 3. The molecule has 1 N–H and O–H groups in total. The van der Waals surface area contributed by atoms with E-state index in [-0.39, 0.29) is 0 Å². The van der Waals surface area contributed by atoms with Gasteiger partial charge >= 0.3 is 0 Å². The molecule has 0 bridgehead atoms. The van der Waals surface area contributed by atoms with Gasteiger partial charge in [0.15, 0.2) is 5.01 Å². The van der Waals surface area contributed by atoms with Gasteiger partial charge in [0.1, 0.15) is 0 Å². The molecule has 1 saturated carbocycles. The Balaban J connectivity index is 1.83. The minimum atomic E-state index is 0.611. The van der Waals surface area contributed by atoms with E-state index < -0.39 is 0 Å². The maximum Gasteiger partial charge on any atom is 0.206 e. The fraction of sp³-hybridized carbons (Fsp3) is 0.643. The van der Waals surface area contributed by atoms with E-state index in [4.69, 9.17) is 4.98 Å². The van der Waals surface area contributed by atoms with Crippen molar-refractivity contribution in [2.75, 3.05) is 11.9 Å². The van der Waals surface area contributed by atoms with Crippen LogP contribution < -0.4 is 5.32 Å². The molecule has 2 aromatic rings. The van der Waals surface area contributed by atoms with E-state index >= 15 is 0 Å². The molecule has 1 aliphatic carbocycles. The highest BCUT2D eigenvalue weighted by Crippen LogP contribution is 2.46. The lowest BCUT2D eigenvalue weighted by atomic mass is 10.2. The second-order valence-electron chi connectivity index (χ2n) is 5.64. The van der Waals surface area contributed by atoms with Crippen LogP contribution in [-0.2, 0) is 6.42 Å². The molecule has 1 aliphatic rings. The third-order valence-electron chi connectivity index (χ3n) is 3.24. The summed E-state index contributed by atoms with van der Waals surface area (Å²) in [6.45, 7) is 7.48. The number of hydrogen-bond acceptors (Lipinski definition) is 6. The Morgan fingerprint density at radius 3 is 2.70 bits per heavy atom. The molecule has 2 heterocycles. The van der Waals surface area contributed by atoms with Gasteiger partial charge in [-0.3, -0.25) is 0 Å². The van der Waals surface area contributed by atoms with E-state index in [1.165, 1.54) is 28.4 Å². The van der Waals surface area contributed by atoms with Gasteiger partial charge in [-0.25, -0.2) is 4.98 Å². The van der Waals surface area contributed by atoms with Crippen molar-refractivity contribution in [2.24, 2.45) is 5.92 Å². The number of hydrogen-bond donors (Lipinski definition) is 1. The smallest absolute Gasteiger partial charge is 0.206 e. The molecule has 0 atom stereocenters. The summed E-state index contributed by atoms with van der Waals surface area (Å²) in [4.78, 5) is 6.04. The SMILES string of the molecule is CCc1nc(C2CC2)c(-c2nnc(NCC(C)C)s2)s1. The molecule has 20 heavy (non-hydrogen) atoms. The van der Waals surface area contributed by atoms with Crippen molar-refractivity contribution in [3.05, 3.63) is 10.7 Å². The van der Waals surface area contributed by atoms with Gasteiger partial charge < -0.3 is 5.32 Å². The van der Waals surface area contributed by atoms with E-state index in [9.17, 15) is 0 Å². The zero-order valence-corrected chi connectivity index (χ0v) is 13.8. The van der Waals surface area contributed by atoms with Crippen LogP contribution in [0.15, 0.2) is 0 Å². The Morgan fingerprint density at radius 1 is 1.25 bits per heavy atom. The first-order valence-electron chi connectivity index (χ1n) is 7.24. The van der Waals surface area contributed by atoms with E-state index in [0.29, 0.717) is 11.8 Å². The molecule has 3 rings (SSSR count). The second kappa shape index (κ2) is 5.77. The Hall–Kier alpha value is -1.01. The molecule has 0 aromatic carbocycles. The lowest BCUT2D eigenvalue weighted by molar-refractivity contribution is 0.687. The zero-order chi connectivity index (χ0) is 14.1. The fourth-order valence-electron chi connectivity index (χ4n) is 1.99. The number of anilines is 1. The summed E-state index contributed by atoms with van der Waals surface area (Å²) in [6, 6.07) is 0. The van der Waals surface area contributed by atoms with Gasteiger partial charge in [-0.1, -0.05) is 32.1 Å². The second-order valence-corrected chi connectivity index (χ2v) is 7.70. The van der Waals surface area contributed by atoms with Crippen molar-refractivity contribution in [2.45, 2.75) is 46.0 Å². The first kappa shape index (κ1) is 13.9. The Morgan fingerprint density at radius 2 is 2.05 bits per heavy atom. The van der Waals surface area contributed by atoms with E-state index in [1.54, 1.807) is 22.7 Å². The lowest BCUT2D eigenvalue weighted by Gasteiger charge is -2.03. The standard InChI is InChI=1S/C14H20N4S2/c1-4-10-16-11(9-5-6-9)12(19-10)13-17-18-14(20-13)15-7-8(2)3/h8-9H,4-7H2,1-3H3,(H,15,18). The number of aryl methyl sites for hydroxylation is 1. The van der Waals surface area contributed by atoms with Crippen molar-refractivity contribution >= 4 is 27.8 Å². The largest absolute Gasteiger partial charge is 0.360 e. The highest BCUT2D eigenvalue weighted by molar-refractivity contribution is 7.23. The van der Waals surface area contributed by atoms with E-state index in [0.717, 1.165) is 23.1 Å². The van der Waals surface area contributed by atoms with Gasteiger partial charge in [0.05, 0.1) is 15.6 Å². The summed E-state index contributed by atoms with van der Waals surface area (Å²) in [5.41, 5.74) is 1.26. The zero-order valence-electron chi connectivity index (χ0n) is 12.1. The van der Waals surface area contributed by atoms with E-state index in [1.807, 2.05) is 0 Å². The Labute approximate surface area is 127 Å².